The zero-order valence-corrected chi connectivity index (χ0v) is 23.4. The van der Waals surface area contributed by atoms with Crippen LogP contribution in [0.2, 0.25) is 0 Å². The number of ketones is 1. The molecule has 0 heterocycles. The number of amides is 1. The molecule has 10 nitrogen and oxygen atoms in total. The molecular formula is C32H36N6O4. The lowest BCUT2D eigenvalue weighted by Crippen LogP contribution is -2.23. The Labute approximate surface area is 246 Å². The number of nitrogens with two attached hydrogens (primary N) is 3. The first kappa shape index (κ1) is 34.5. The SMILES string of the molecule is C=O.N=C(N)C#CCCCCC(=O)C#Cc1ccc(C=C(C=O)c2ccc(NC(=O)CCCCN=C(N)N)cc2)cc1. The molecule has 0 aromatic heterocycles. The number of carbonyl (C=O) groups excluding carboxylic acids is 4. The van der Waals surface area contributed by atoms with E-state index in [-0.39, 0.29) is 23.5 Å². The first-order valence-corrected chi connectivity index (χ1v) is 13.2. The molecule has 0 aliphatic heterocycles. The highest BCUT2D eigenvalue weighted by Crippen LogP contribution is 2.19. The highest BCUT2D eigenvalue weighted by atomic mass is 16.1. The van der Waals surface area contributed by atoms with Gasteiger partial charge in [0, 0.05) is 42.6 Å². The van der Waals surface area contributed by atoms with E-state index in [1.807, 2.05) is 18.9 Å². The Kier molecular flexibility index (Phi) is 16.8. The number of nitrogens with zero attached hydrogens (tertiary/aromatic N) is 1. The summed E-state index contributed by atoms with van der Waals surface area (Å²) in [5.41, 5.74) is 19.1. The summed E-state index contributed by atoms with van der Waals surface area (Å²) in [7, 11) is 0. The number of anilines is 1. The maximum atomic E-state index is 12.1. The second-order valence-corrected chi connectivity index (χ2v) is 8.82. The maximum Gasteiger partial charge on any atom is 0.224 e. The molecule has 0 atom stereocenters. The van der Waals surface area contributed by atoms with E-state index in [1.54, 1.807) is 42.5 Å². The Morgan fingerprint density at radius 1 is 0.905 bits per heavy atom. The summed E-state index contributed by atoms with van der Waals surface area (Å²) >= 11 is 0. The predicted octanol–water partition coefficient (Wildman–Crippen LogP) is 3.04. The molecule has 0 unspecified atom stereocenters. The number of benzene rings is 2. The number of amidine groups is 1. The minimum atomic E-state index is -0.160. The summed E-state index contributed by atoms with van der Waals surface area (Å²) < 4.78 is 0. The van der Waals surface area contributed by atoms with Crippen molar-refractivity contribution in [1.82, 2.24) is 0 Å². The minimum absolute atomic E-state index is 0.0430. The number of Topliss-reactive ketones (excluding diaryl/α,β-unsaturated/α-hetero) is 1. The zero-order chi connectivity index (χ0) is 31.2. The smallest absolute Gasteiger partial charge is 0.224 e. The van der Waals surface area contributed by atoms with Gasteiger partial charge in [-0.1, -0.05) is 36.1 Å². The number of hydrogen-bond acceptors (Lipinski definition) is 6. The van der Waals surface area contributed by atoms with Crippen molar-refractivity contribution in [3.8, 4) is 23.7 Å². The van der Waals surface area contributed by atoms with E-state index < -0.39 is 0 Å². The van der Waals surface area contributed by atoms with Crippen LogP contribution >= 0.6 is 0 Å². The number of allylic oxidation sites excluding steroid dienone is 1. The van der Waals surface area contributed by atoms with Gasteiger partial charge >= 0.3 is 0 Å². The predicted molar refractivity (Wildman–Crippen MR) is 167 cm³/mol. The molecule has 0 aliphatic carbocycles. The molecule has 2 aromatic carbocycles. The Morgan fingerprint density at radius 3 is 2.19 bits per heavy atom. The van der Waals surface area contributed by atoms with Gasteiger partial charge in [0.05, 0.1) is 0 Å². The van der Waals surface area contributed by atoms with Gasteiger partial charge in [0.1, 0.15) is 6.79 Å². The molecule has 8 N–H and O–H groups in total. The maximum absolute atomic E-state index is 12.1. The van der Waals surface area contributed by atoms with E-state index in [0.29, 0.717) is 67.5 Å². The average molecular weight is 569 g/mol. The molecule has 0 saturated carbocycles. The number of carbonyl (C=O) groups is 4. The van der Waals surface area contributed by atoms with Gasteiger partial charge in [0.15, 0.2) is 18.1 Å². The molecule has 0 spiro atoms. The lowest BCUT2D eigenvalue weighted by molar-refractivity contribution is -0.116. The molecule has 2 rings (SSSR count). The van der Waals surface area contributed by atoms with Crippen LogP contribution in [0, 0.1) is 29.1 Å². The van der Waals surface area contributed by atoms with Crippen LogP contribution in [-0.4, -0.2) is 43.1 Å². The van der Waals surface area contributed by atoms with Crippen molar-refractivity contribution in [3.63, 3.8) is 0 Å². The van der Waals surface area contributed by atoms with Gasteiger partial charge in [-0.3, -0.25) is 24.8 Å². The molecule has 0 aliphatic rings. The summed E-state index contributed by atoms with van der Waals surface area (Å²) in [5.74, 6) is 10.4. The van der Waals surface area contributed by atoms with Crippen molar-refractivity contribution < 1.29 is 19.2 Å². The van der Waals surface area contributed by atoms with E-state index >= 15 is 0 Å². The van der Waals surface area contributed by atoms with E-state index in [9.17, 15) is 14.4 Å². The van der Waals surface area contributed by atoms with Crippen molar-refractivity contribution in [3.05, 3.63) is 65.2 Å². The molecule has 0 saturated heterocycles. The number of aliphatic imine (C=N–C) groups is 1. The van der Waals surface area contributed by atoms with Crippen LogP contribution in [0.25, 0.3) is 11.6 Å². The average Bonchev–Trinajstić information content (AvgIpc) is 2.98. The van der Waals surface area contributed by atoms with Crippen LogP contribution in [0.15, 0.2) is 53.5 Å². The van der Waals surface area contributed by atoms with Crippen LogP contribution in [0.3, 0.4) is 0 Å². The molecule has 1 amide bonds. The first-order chi connectivity index (χ1) is 20.3. The summed E-state index contributed by atoms with van der Waals surface area (Å²) in [6.07, 6.45) is 6.63. The summed E-state index contributed by atoms with van der Waals surface area (Å²) in [6, 6.07) is 14.3. The van der Waals surface area contributed by atoms with Gasteiger partial charge in [-0.05, 0) is 79.0 Å². The third-order valence-corrected chi connectivity index (χ3v) is 5.49. The third-order valence-electron chi connectivity index (χ3n) is 5.49. The molecule has 0 radical (unpaired) electrons. The van der Waals surface area contributed by atoms with Gasteiger partial charge in [0.2, 0.25) is 11.7 Å². The van der Waals surface area contributed by atoms with Gasteiger partial charge in [0.25, 0.3) is 0 Å². The Morgan fingerprint density at radius 2 is 1.57 bits per heavy atom. The second-order valence-electron chi connectivity index (χ2n) is 8.82. The van der Waals surface area contributed by atoms with E-state index in [4.69, 9.17) is 27.4 Å². The third kappa shape index (κ3) is 15.2. The Balaban J connectivity index is 0.00000431. The number of rotatable bonds is 13. The molecule has 0 fully saturated rings. The minimum Gasteiger partial charge on any atom is -0.377 e. The quantitative estimate of drug-likeness (QED) is 0.0466. The fraction of sp³-hybridized carbons (Fsp3) is 0.250. The van der Waals surface area contributed by atoms with Crippen molar-refractivity contribution in [1.29, 1.82) is 5.41 Å². The topological polar surface area (TPSA) is 195 Å². The number of nitrogens with one attached hydrogen (secondary N) is 2. The van der Waals surface area contributed by atoms with Gasteiger partial charge in [-0.15, -0.1) is 0 Å². The van der Waals surface area contributed by atoms with Crippen LogP contribution in [-0.2, 0) is 19.2 Å². The molecule has 218 valence electrons. The molecular weight excluding hydrogens is 532 g/mol. The van der Waals surface area contributed by atoms with E-state index in [2.05, 4.69) is 34.0 Å². The highest BCUT2D eigenvalue weighted by molar-refractivity contribution is 6.13. The zero-order valence-electron chi connectivity index (χ0n) is 23.4. The van der Waals surface area contributed by atoms with Crippen LogP contribution in [0.5, 0.6) is 0 Å². The van der Waals surface area contributed by atoms with E-state index in [1.165, 1.54) is 0 Å². The van der Waals surface area contributed by atoms with Gasteiger partial charge in [-0.25, -0.2) is 0 Å². The summed E-state index contributed by atoms with van der Waals surface area (Å²) in [5, 5.41) is 9.87. The second kappa shape index (κ2) is 20.4. The number of unbranched alkanes of at least 4 members (excludes halogenated alkanes) is 3. The van der Waals surface area contributed by atoms with Crippen LogP contribution < -0.4 is 22.5 Å². The monoisotopic (exact) mass is 568 g/mol. The van der Waals surface area contributed by atoms with Crippen molar-refractivity contribution in [2.24, 2.45) is 22.2 Å². The fourth-order valence-corrected chi connectivity index (χ4v) is 3.46. The number of hydrogen-bond donors (Lipinski definition) is 5. The Hall–Kier alpha value is -5.48. The molecule has 42 heavy (non-hydrogen) atoms. The van der Waals surface area contributed by atoms with Gasteiger partial charge in [-0.2, -0.15) is 0 Å². The number of guanidine groups is 1. The summed E-state index contributed by atoms with van der Waals surface area (Å²) in [4.78, 5) is 47.8. The fourth-order valence-electron chi connectivity index (χ4n) is 3.46. The number of aldehydes is 1. The van der Waals surface area contributed by atoms with Crippen LogP contribution in [0.4, 0.5) is 5.69 Å². The normalized spacial score (nSPS) is 9.86. The Bertz CT molecular complexity index is 1380. The largest absolute Gasteiger partial charge is 0.377 e. The highest BCUT2D eigenvalue weighted by Gasteiger charge is 2.05. The van der Waals surface area contributed by atoms with E-state index in [0.717, 1.165) is 18.3 Å². The van der Waals surface area contributed by atoms with Crippen molar-refractivity contribution in [2.45, 2.75) is 44.9 Å². The van der Waals surface area contributed by atoms with Crippen LogP contribution in [0.1, 0.15) is 61.6 Å². The lowest BCUT2D eigenvalue weighted by atomic mass is 10.0. The lowest BCUT2D eigenvalue weighted by Gasteiger charge is -2.07. The van der Waals surface area contributed by atoms with Gasteiger partial charge < -0.3 is 27.3 Å². The van der Waals surface area contributed by atoms with Crippen molar-refractivity contribution >= 4 is 53.9 Å². The van der Waals surface area contributed by atoms with Crippen molar-refractivity contribution in [2.75, 3.05) is 11.9 Å². The standard InChI is InChI=1S/C31H34N6O3.CH2O/c32-29(33)8-4-2-1-3-7-28(39)19-14-23-10-12-24(13-11-23)21-26(22-38)25-15-17-27(18-16-25)37-30(40)9-5-6-20-36-31(34)35;1-2/h10-13,15-18,21-22H,1-3,5-7,9,20H2,(H3,32,33)(H,37,40)(H4,34,35,36);1H2. The molecule has 10 heteroatoms. The molecule has 0 bridgehead atoms. The molecule has 2 aromatic rings. The first-order valence-electron chi connectivity index (χ1n) is 13.2. The summed E-state index contributed by atoms with van der Waals surface area (Å²) in [6.45, 7) is 2.49.